The summed E-state index contributed by atoms with van der Waals surface area (Å²) in [5.74, 6) is 2.99. The van der Waals surface area contributed by atoms with Crippen molar-refractivity contribution >= 4 is 38.9 Å². The summed E-state index contributed by atoms with van der Waals surface area (Å²) in [5.41, 5.74) is 0.497. The van der Waals surface area contributed by atoms with Crippen LogP contribution < -0.4 is 5.32 Å². The van der Waals surface area contributed by atoms with E-state index in [-0.39, 0.29) is 0 Å². The second-order valence-corrected chi connectivity index (χ2v) is 10.1. The Labute approximate surface area is 138 Å². The van der Waals surface area contributed by atoms with E-state index in [9.17, 15) is 0 Å². The van der Waals surface area contributed by atoms with Crippen LogP contribution in [-0.4, -0.2) is 7.05 Å². The van der Waals surface area contributed by atoms with Gasteiger partial charge in [-0.15, -0.1) is 11.3 Å². The average Bonchev–Trinajstić information content (AvgIpc) is 2.67. The molecule has 1 unspecified atom stereocenters. The highest BCUT2D eigenvalue weighted by atomic mass is 79.9. The van der Waals surface area contributed by atoms with Gasteiger partial charge in [0.15, 0.2) is 0 Å². The average molecular weight is 375 g/mol. The van der Waals surface area contributed by atoms with E-state index in [1.54, 1.807) is 0 Å². The molecule has 4 fully saturated rings. The van der Waals surface area contributed by atoms with Gasteiger partial charge in [-0.2, -0.15) is 0 Å². The van der Waals surface area contributed by atoms with Crippen molar-refractivity contribution in [3.63, 3.8) is 0 Å². The number of hydrogen-bond donors (Lipinski definition) is 1. The lowest BCUT2D eigenvalue weighted by molar-refractivity contribution is -0.0729. The first kappa shape index (κ1) is 14.0. The molecule has 20 heavy (non-hydrogen) atoms. The first-order valence-electron chi connectivity index (χ1n) is 7.71. The van der Waals surface area contributed by atoms with E-state index in [4.69, 9.17) is 11.6 Å². The zero-order valence-corrected chi connectivity index (χ0v) is 15.0. The molecule has 1 atom stereocenters. The Bertz CT molecular complexity index is 472. The minimum absolute atomic E-state index is 0.490. The van der Waals surface area contributed by atoms with Crippen molar-refractivity contribution in [3.8, 4) is 0 Å². The number of rotatable bonds is 3. The van der Waals surface area contributed by atoms with Crippen molar-refractivity contribution in [2.24, 2.45) is 23.2 Å². The number of thiophene rings is 1. The molecule has 0 amide bonds. The first-order valence-corrected chi connectivity index (χ1v) is 9.70. The van der Waals surface area contributed by atoms with Gasteiger partial charge < -0.3 is 5.32 Å². The number of halogens is 2. The van der Waals surface area contributed by atoms with Gasteiger partial charge in [0.1, 0.15) is 0 Å². The van der Waals surface area contributed by atoms with Crippen molar-refractivity contribution in [2.45, 2.75) is 44.6 Å². The van der Waals surface area contributed by atoms with Crippen molar-refractivity contribution in [1.82, 2.24) is 5.32 Å². The Morgan fingerprint density at radius 1 is 1.25 bits per heavy atom. The third kappa shape index (κ3) is 2.12. The summed E-state index contributed by atoms with van der Waals surface area (Å²) in [5, 5.41) is 4.52. The second-order valence-electron chi connectivity index (χ2n) is 7.27. The van der Waals surface area contributed by atoms with E-state index in [1.165, 1.54) is 43.4 Å². The summed E-state index contributed by atoms with van der Waals surface area (Å²) in [6.07, 6.45) is 8.80. The summed E-state index contributed by atoms with van der Waals surface area (Å²) in [6, 6.07) is 2.67. The molecule has 1 aromatic heterocycles. The fourth-order valence-electron chi connectivity index (χ4n) is 5.79. The molecule has 4 aliphatic carbocycles. The third-order valence-corrected chi connectivity index (χ3v) is 8.47. The monoisotopic (exact) mass is 373 g/mol. The zero-order chi connectivity index (χ0) is 13.9. The van der Waals surface area contributed by atoms with Gasteiger partial charge in [0.05, 0.1) is 8.81 Å². The SMILES string of the molecule is CNC(c1cc(Cl)c(Br)s1)C12CC3CC(CC(C3)C1)C2. The summed E-state index contributed by atoms with van der Waals surface area (Å²) < 4.78 is 1.08. The topological polar surface area (TPSA) is 12.0 Å². The molecule has 110 valence electrons. The van der Waals surface area contributed by atoms with E-state index in [0.29, 0.717) is 11.5 Å². The molecule has 1 heterocycles. The Balaban J connectivity index is 1.70. The van der Waals surface area contributed by atoms with Gasteiger partial charge in [0, 0.05) is 10.9 Å². The maximum atomic E-state index is 6.27. The van der Waals surface area contributed by atoms with Gasteiger partial charge in [-0.3, -0.25) is 0 Å². The van der Waals surface area contributed by atoms with Crippen LogP contribution in [0.25, 0.3) is 0 Å². The smallest absolute Gasteiger partial charge is 0.0888 e. The summed E-state index contributed by atoms with van der Waals surface area (Å²) >= 11 is 11.7. The third-order valence-electron chi connectivity index (χ3n) is 5.94. The van der Waals surface area contributed by atoms with Crippen molar-refractivity contribution in [2.75, 3.05) is 7.05 Å². The molecule has 0 spiro atoms. The van der Waals surface area contributed by atoms with E-state index >= 15 is 0 Å². The standard InChI is InChI=1S/C16H21BrClNS/c1-19-14(13-5-12(18)15(17)20-13)16-6-9-2-10(7-16)4-11(3-9)8-16/h5,9-11,14,19H,2-4,6-8H2,1H3. The van der Waals surface area contributed by atoms with Gasteiger partial charge >= 0.3 is 0 Å². The molecular weight excluding hydrogens is 354 g/mol. The predicted molar refractivity (Wildman–Crippen MR) is 89.4 cm³/mol. The van der Waals surface area contributed by atoms with Crippen LogP contribution in [0.15, 0.2) is 9.85 Å². The van der Waals surface area contributed by atoms with E-state index in [1.807, 2.05) is 11.3 Å². The highest BCUT2D eigenvalue weighted by molar-refractivity contribution is 9.11. The van der Waals surface area contributed by atoms with E-state index < -0.39 is 0 Å². The van der Waals surface area contributed by atoms with Crippen molar-refractivity contribution in [3.05, 3.63) is 19.8 Å². The van der Waals surface area contributed by atoms with Crippen LogP contribution in [0.1, 0.15) is 49.4 Å². The van der Waals surface area contributed by atoms with Crippen LogP contribution in [0.3, 0.4) is 0 Å². The molecular formula is C16H21BrClNS. The molecule has 5 rings (SSSR count). The Morgan fingerprint density at radius 2 is 1.80 bits per heavy atom. The van der Waals surface area contributed by atoms with Gasteiger partial charge in [0.2, 0.25) is 0 Å². The van der Waals surface area contributed by atoms with Gasteiger partial charge in [0.25, 0.3) is 0 Å². The molecule has 4 saturated carbocycles. The summed E-state index contributed by atoms with van der Waals surface area (Å²) in [6.45, 7) is 0. The molecule has 0 radical (unpaired) electrons. The van der Waals surface area contributed by atoms with Gasteiger partial charge in [-0.1, -0.05) is 11.6 Å². The summed E-state index contributed by atoms with van der Waals surface area (Å²) in [4.78, 5) is 1.42. The quantitative estimate of drug-likeness (QED) is 0.721. The minimum atomic E-state index is 0.490. The normalized spacial score (nSPS) is 40.2. The van der Waals surface area contributed by atoms with Crippen LogP contribution in [0, 0.1) is 23.2 Å². The maximum Gasteiger partial charge on any atom is 0.0888 e. The lowest BCUT2D eigenvalue weighted by Gasteiger charge is -2.59. The molecule has 4 aliphatic rings. The van der Waals surface area contributed by atoms with Crippen LogP contribution in [0.2, 0.25) is 5.02 Å². The molecule has 4 heteroatoms. The zero-order valence-electron chi connectivity index (χ0n) is 11.8. The van der Waals surface area contributed by atoms with Gasteiger partial charge in [-0.05, 0) is 90.7 Å². The molecule has 1 N–H and O–H groups in total. The molecule has 0 saturated heterocycles. The molecule has 1 nitrogen and oxygen atoms in total. The first-order chi connectivity index (χ1) is 9.59. The van der Waals surface area contributed by atoms with Crippen molar-refractivity contribution in [1.29, 1.82) is 0 Å². The largest absolute Gasteiger partial charge is 0.312 e. The van der Waals surface area contributed by atoms with Crippen LogP contribution in [0.5, 0.6) is 0 Å². The summed E-state index contributed by atoms with van der Waals surface area (Å²) in [7, 11) is 2.13. The van der Waals surface area contributed by atoms with Crippen molar-refractivity contribution < 1.29 is 0 Å². The minimum Gasteiger partial charge on any atom is -0.312 e. The maximum absolute atomic E-state index is 6.27. The Morgan fingerprint density at radius 3 is 2.20 bits per heavy atom. The lowest BCUT2D eigenvalue weighted by Crippen LogP contribution is -2.51. The Hall–Kier alpha value is 0.430. The molecule has 4 bridgehead atoms. The van der Waals surface area contributed by atoms with E-state index in [0.717, 1.165) is 26.6 Å². The Kier molecular flexibility index (Phi) is 3.49. The van der Waals surface area contributed by atoms with Crippen LogP contribution in [-0.2, 0) is 0 Å². The van der Waals surface area contributed by atoms with E-state index in [2.05, 4.69) is 34.4 Å². The number of hydrogen-bond acceptors (Lipinski definition) is 2. The highest BCUT2D eigenvalue weighted by Crippen LogP contribution is 2.64. The highest BCUT2D eigenvalue weighted by Gasteiger charge is 2.54. The second kappa shape index (κ2) is 4.97. The predicted octanol–water partition coefficient (Wildman–Crippen LogP) is 5.64. The number of nitrogens with one attached hydrogen (secondary N) is 1. The molecule has 0 aromatic carbocycles. The fourth-order valence-corrected chi connectivity index (χ4v) is 7.79. The fraction of sp³-hybridized carbons (Fsp3) is 0.750. The van der Waals surface area contributed by atoms with Gasteiger partial charge in [-0.25, -0.2) is 0 Å². The molecule has 1 aromatic rings. The van der Waals surface area contributed by atoms with Crippen LogP contribution >= 0.6 is 38.9 Å². The van der Waals surface area contributed by atoms with Crippen LogP contribution in [0.4, 0.5) is 0 Å². The molecule has 0 aliphatic heterocycles. The lowest BCUT2D eigenvalue weighted by atomic mass is 9.47.